The van der Waals surface area contributed by atoms with Gasteiger partial charge in [0.1, 0.15) is 5.75 Å². The van der Waals surface area contributed by atoms with Gasteiger partial charge in [-0.25, -0.2) is 0 Å². The summed E-state index contributed by atoms with van der Waals surface area (Å²) in [4.78, 5) is 12.1. The summed E-state index contributed by atoms with van der Waals surface area (Å²) in [5.41, 5.74) is 6.69. The van der Waals surface area contributed by atoms with E-state index in [-0.39, 0.29) is 11.8 Å². The van der Waals surface area contributed by atoms with Crippen molar-refractivity contribution in [1.29, 1.82) is 0 Å². The number of nitrogens with one attached hydrogen (secondary N) is 1. The van der Waals surface area contributed by atoms with Crippen LogP contribution in [0.4, 0.5) is 5.69 Å². The summed E-state index contributed by atoms with van der Waals surface area (Å²) in [6.07, 6.45) is 5.93. The van der Waals surface area contributed by atoms with E-state index in [1.807, 2.05) is 38.1 Å². The molecule has 1 aliphatic rings. The average Bonchev–Trinajstić information content (AvgIpc) is 2.98. The Kier molecular flexibility index (Phi) is 5.62. The molecule has 0 aliphatic heterocycles. The zero-order chi connectivity index (χ0) is 15.2. The number of rotatable bonds is 6. The standard InChI is InChI=1S/C17H26N2O2/c1-3-12(2)16(18)17(20)19-13-7-6-10-15(11-13)21-14-8-4-5-9-14/h6-7,10-12,14,16H,3-5,8-9,18H2,1-2H3,(H,19,20). The van der Waals surface area contributed by atoms with E-state index in [1.54, 1.807) is 0 Å². The number of ether oxygens (including phenoxy) is 1. The first kappa shape index (κ1) is 15.8. The molecule has 2 unspecified atom stereocenters. The Morgan fingerprint density at radius 1 is 1.43 bits per heavy atom. The van der Waals surface area contributed by atoms with E-state index in [4.69, 9.17) is 10.5 Å². The minimum atomic E-state index is -0.477. The Hall–Kier alpha value is -1.55. The predicted octanol–water partition coefficient (Wildman–Crippen LogP) is 3.32. The lowest BCUT2D eigenvalue weighted by Crippen LogP contribution is -2.40. The summed E-state index contributed by atoms with van der Waals surface area (Å²) in [7, 11) is 0. The molecule has 1 amide bonds. The largest absolute Gasteiger partial charge is 0.490 e. The van der Waals surface area contributed by atoms with Crippen LogP contribution >= 0.6 is 0 Å². The Balaban J connectivity index is 1.95. The molecular weight excluding hydrogens is 264 g/mol. The first-order valence-corrected chi connectivity index (χ1v) is 7.93. The molecule has 1 aliphatic carbocycles. The molecule has 4 heteroatoms. The summed E-state index contributed by atoms with van der Waals surface area (Å²) >= 11 is 0. The molecule has 1 saturated carbocycles. The van der Waals surface area contributed by atoms with Gasteiger partial charge in [-0.1, -0.05) is 26.3 Å². The second-order valence-corrected chi connectivity index (χ2v) is 5.95. The fourth-order valence-electron chi connectivity index (χ4n) is 2.58. The van der Waals surface area contributed by atoms with Gasteiger partial charge in [-0.3, -0.25) is 4.79 Å². The van der Waals surface area contributed by atoms with Crippen LogP contribution in [-0.4, -0.2) is 18.1 Å². The maximum atomic E-state index is 12.1. The van der Waals surface area contributed by atoms with Crippen LogP contribution in [0.2, 0.25) is 0 Å². The predicted molar refractivity (Wildman–Crippen MR) is 85.4 cm³/mol. The fourth-order valence-corrected chi connectivity index (χ4v) is 2.58. The van der Waals surface area contributed by atoms with E-state index < -0.39 is 6.04 Å². The topological polar surface area (TPSA) is 64.4 Å². The van der Waals surface area contributed by atoms with Crippen LogP contribution in [0.15, 0.2) is 24.3 Å². The molecule has 2 atom stereocenters. The third kappa shape index (κ3) is 4.46. The first-order valence-electron chi connectivity index (χ1n) is 7.93. The summed E-state index contributed by atoms with van der Waals surface area (Å²) in [6, 6.07) is 7.09. The summed E-state index contributed by atoms with van der Waals surface area (Å²) in [5.74, 6) is 0.849. The molecule has 21 heavy (non-hydrogen) atoms. The molecule has 1 aromatic carbocycles. The monoisotopic (exact) mass is 290 g/mol. The Morgan fingerprint density at radius 3 is 2.81 bits per heavy atom. The molecule has 0 radical (unpaired) electrons. The number of hydrogen-bond acceptors (Lipinski definition) is 3. The smallest absolute Gasteiger partial charge is 0.241 e. The van der Waals surface area contributed by atoms with Crippen molar-refractivity contribution in [2.24, 2.45) is 11.7 Å². The van der Waals surface area contributed by atoms with Gasteiger partial charge in [0.05, 0.1) is 12.1 Å². The lowest BCUT2D eigenvalue weighted by molar-refractivity contribution is -0.118. The Labute approximate surface area is 127 Å². The third-order valence-electron chi connectivity index (χ3n) is 4.27. The highest BCUT2D eigenvalue weighted by Crippen LogP contribution is 2.25. The highest BCUT2D eigenvalue weighted by molar-refractivity contribution is 5.95. The molecule has 0 saturated heterocycles. The van der Waals surface area contributed by atoms with Gasteiger partial charge < -0.3 is 15.8 Å². The molecule has 0 aromatic heterocycles. The number of benzene rings is 1. The first-order chi connectivity index (χ1) is 10.1. The normalized spacial score (nSPS) is 18.2. The van der Waals surface area contributed by atoms with Crippen LogP contribution in [0, 0.1) is 5.92 Å². The second-order valence-electron chi connectivity index (χ2n) is 5.95. The summed E-state index contributed by atoms with van der Waals surface area (Å²) in [6.45, 7) is 4.03. The maximum absolute atomic E-state index is 12.1. The summed E-state index contributed by atoms with van der Waals surface area (Å²) in [5, 5.41) is 2.88. The number of anilines is 1. The van der Waals surface area contributed by atoms with Crippen molar-refractivity contribution in [3.05, 3.63) is 24.3 Å². The van der Waals surface area contributed by atoms with Crippen LogP contribution in [0.25, 0.3) is 0 Å². The van der Waals surface area contributed by atoms with Crippen molar-refractivity contribution in [2.75, 3.05) is 5.32 Å². The van der Waals surface area contributed by atoms with Crippen LogP contribution < -0.4 is 15.8 Å². The SMILES string of the molecule is CCC(C)C(N)C(=O)Nc1cccc(OC2CCCC2)c1. The van der Waals surface area contributed by atoms with Gasteiger partial charge in [-0.2, -0.15) is 0 Å². The molecule has 0 heterocycles. The molecule has 3 N–H and O–H groups in total. The third-order valence-corrected chi connectivity index (χ3v) is 4.27. The molecule has 4 nitrogen and oxygen atoms in total. The lowest BCUT2D eigenvalue weighted by atomic mass is 9.99. The number of amides is 1. The van der Waals surface area contributed by atoms with E-state index in [9.17, 15) is 4.79 Å². The van der Waals surface area contributed by atoms with Gasteiger partial charge in [0, 0.05) is 11.8 Å². The van der Waals surface area contributed by atoms with Gasteiger partial charge in [0.15, 0.2) is 0 Å². The Bertz CT molecular complexity index is 470. The number of carbonyl (C=O) groups is 1. The number of carbonyl (C=O) groups excluding carboxylic acids is 1. The highest BCUT2D eigenvalue weighted by Gasteiger charge is 2.20. The minimum Gasteiger partial charge on any atom is -0.490 e. The number of nitrogens with two attached hydrogens (primary N) is 1. The van der Waals surface area contributed by atoms with E-state index in [1.165, 1.54) is 12.8 Å². The van der Waals surface area contributed by atoms with Crippen molar-refractivity contribution >= 4 is 11.6 Å². The van der Waals surface area contributed by atoms with Crippen molar-refractivity contribution in [3.8, 4) is 5.75 Å². The quantitative estimate of drug-likeness (QED) is 0.844. The molecule has 0 bridgehead atoms. The second kappa shape index (κ2) is 7.46. The van der Waals surface area contributed by atoms with Gasteiger partial charge in [0.2, 0.25) is 5.91 Å². The summed E-state index contributed by atoms with van der Waals surface area (Å²) < 4.78 is 5.94. The van der Waals surface area contributed by atoms with Crippen molar-refractivity contribution in [2.45, 2.75) is 58.1 Å². The lowest BCUT2D eigenvalue weighted by Gasteiger charge is -2.18. The van der Waals surface area contributed by atoms with E-state index in [0.29, 0.717) is 6.10 Å². The maximum Gasteiger partial charge on any atom is 0.241 e. The van der Waals surface area contributed by atoms with Crippen molar-refractivity contribution < 1.29 is 9.53 Å². The average molecular weight is 290 g/mol. The Morgan fingerprint density at radius 2 is 2.14 bits per heavy atom. The van der Waals surface area contributed by atoms with Crippen LogP contribution in [0.1, 0.15) is 46.0 Å². The van der Waals surface area contributed by atoms with Crippen molar-refractivity contribution in [1.82, 2.24) is 0 Å². The van der Waals surface area contributed by atoms with Crippen molar-refractivity contribution in [3.63, 3.8) is 0 Å². The molecular formula is C17H26N2O2. The molecule has 0 spiro atoms. The zero-order valence-corrected chi connectivity index (χ0v) is 13.0. The van der Waals surface area contributed by atoms with E-state index in [0.717, 1.165) is 30.7 Å². The van der Waals surface area contributed by atoms with Crippen LogP contribution in [0.5, 0.6) is 5.75 Å². The number of hydrogen-bond donors (Lipinski definition) is 2. The fraction of sp³-hybridized carbons (Fsp3) is 0.588. The minimum absolute atomic E-state index is 0.137. The van der Waals surface area contributed by atoms with Gasteiger partial charge in [-0.15, -0.1) is 0 Å². The van der Waals surface area contributed by atoms with Gasteiger partial charge in [-0.05, 0) is 43.7 Å². The van der Waals surface area contributed by atoms with Crippen LogP contribution in [-0.2, 0) is 4.79 Å². The van der Waals surface area contributed by atoms with E-state index >= 15 is 0 Å². The van der Waals surface area contributed by atoms with Gasteiger partial charge in [0.25, 0.3) is 0 Å². The molecule has 116 valence electrons. The van der Waals surface area contributed by atoms with E-state index in [2.05, 4.69) is 5.32 Å². The van der Waals surface area contributed by atoms with Crippen LogP contribution in [0.3, 0.4) is 0 Å². The molecule has 2 rings (SSSR count). The zero-order valence-electron chi connectivity index (χ0n) is 13.0. The van der Waals surface area contributed by atoms with Gasteiger partial charge >= 0.3 is 0 Å². The highest BCUT2D eigenvalue weighted by atomic mass is 16.5. The molecule has 1 fully saturated rings. The molecule has 1 aromatic rings.